The normalized spacial score (nSPS) is 37.0. The second kappa shape index (κ2) is 13.9. The summed E-state index contributed by atoms with van der Waals surface area (Å²) in [6, 6.07) is 9.46. The zero-order valence-electron chi connectivity index (χ0n) is 30.8. The third-order valence-corrected chi connectivity index (χ3v) is 18.8. The van der Waals surface area contributed by atoms with Crippen LogP contribution in [0.2, 0.25) is 18.1 Å². The number of fused-ring (bicyclic) bond motifs is 5. The van der Waals surface area contributed by atoms with Crippen LogP contribution in [-0.4, -0.2) is 49.9 Å². The summed E-state index contributed by atoms with van der Waals surface area (Å²) < 4.78 is 59.2. The SMILES string of the molecule is C[C@H](CCC(=O)OCc1ccccc1)[C@H]1CC[C@H]2[C@@H]3[C@H](O)C[C@@H]4C[C@H](O[Si](C)(C)C(C)(C)C)CC[C@]4(C)[C@H]3C[C@H](OC(=O)C(F)(F)F)[C@]12C. The van der Waals surface area contributed by atoms with E-state index in [0.29, 0.717) is 19.3 Å². The topological polar surface area (TPSA) is 82.1 Å². The third kappa shape index (κ3) is 7.53. The summed E-state index contributed by atoms with van der Waals surface area (Å²) in [7, 11) is -2.01. The Kier molecular flexibility index (Phi) is 10.9. The van der Waals surface area contributed by atoms with E-state index in [9.17, 15) is 27.9 Å². The van der Waals surface area contributed by atoms with Crippen LogP contribution in [0.5, 0.6) is 0 Å². The summed E-state index contributed by atoms with van der Waals surface area (Å²) in [5.41, 5.74) is -0.0599. The van der Waals surface area contributed by atoms with Crippen LogP contribution in [0, 0.1) is 46.3 Å². The fraction of sp³-hybridized carbons (Fsp3) is 0.795. The third-order valence-electron chi connectivity index (χ3n) is 14.3. The van der Waals surface area contributed by atoms with Crippen molar-refractivity contribution < 1.29 is 41.8 Å². The van der Waals surface area contributed by atoms with E-state index in [1.54, 1.807) is 0 Å². The molecule has 1 aromatic carbocycles. The first-order valence-electron chi connectivity index (χ1n) is 18.5. The second-order valence-electron chi connectivity index (χ2n) is 17.9. The molecule has 5 rings (SSSR count). The van der Waals surface area contributed by atoms with Crippen molar-refractivity contribution in [2.24, 2.45) is 46.3 Å². The molecule has 0 aromatic heterocycles. The fourth-order valence-corrected chi connectivity index (χ4v) is 11.9. The molecular weight excluding hydrogens is 650 g/mol. The average molecular weight is 709 g/mol. The molecule has 11 atom stereocenters. The molecule has 10 heteroatoms. The van der Waals surface area contributed by atoms with Gasteiger partial charge in [0.2, 0.25) is 0 Å². The summed E-state index contributed by atoms with van der Waals surface area (Å²) >= 11 is 0. The Morgan fingerprint density at radius 2 is 1.67 bits per heavy atom. The number of rotatable bonds is 9. The van der Waals surface area contributed by atoms with E-state index in [-0.39, 0.29) is 71.1 Å². The zero-order valence-corrected chi connectivity index (χ0v) is 31.8. The number of ether oxygens (including phenoxy) is 2. The van der Waals surface area contributed by atoms with Crippen molar-refractivity contribution in [3.8, 4) is 0 Å². The zero-order chi connectivity index (χ0) is 36.2. The van der Waals surface area contributed by atoms with E-state index >= 15 is 0 Å². The Morgan fingerprint density at radius 1 is 1.00 bits per heavy atom. The number of carbonyl (C=O) groups excluding carboxylic acids is 2. The largest absolute Gasteiger partial charge is 0.490 e. The van der Waals surface area contributed by atoms with Gasteiger partial charge in [-0.3, -0.25) is 4.79 Å². The first-order chi connectivity index (χ1) is 22.7. The lowest BCUT2D eigenvalue weighted by Crippen LogP contribution is -2.63. The highest BCUT2D eigenvalue weighted by Gasteiger charge is 2.67. The van der Waals surface area contributed by atoms with Gasteiger partial charge in [0.1, 0.15) is 12.7 Å². The summed E-state index contributed by atoms with van der Waals surface area (Å²) in [4.78, 5) is 25.2. The number of benzene rings is 1. The number of alkyl halides is 3. The highest BCUT2D eigenvalue weighted by molar-refractivity contribution is 6.74. The van der Waals surface area contributed by atoms with Crippen molar-refractivity contribution in [3.63, 3.8) is 0 Å². The molecule has 0 bridgehead atoms. The molecule has 0 radical (unpaired) electrons. The van der Waals surface area contributed by atoms with E-state index < -0.39 is 38.1 Å². The minimum absolute atomic E-state index is 0.0186. The van der Waals surface area contributed by atoms with Crippen LogP contribution in [-0.2, 0) is 30.1 Å². The molecule has 4 saturated carbocycles. The number of aliphatic hydroxyl groups excluding tert-OH is 1. The molecule has 276 valence electrons. The van der Waals surface area contributed by atoms with Crippen molar-refractivity contribution in [3.05, 3.63) is 35.9 Å². The molecule has 6 nitrogen and oxygen atoms in total. The lowest BCUT2D eigenvalue weighted by atomic mass is 9.43. The maximum atomic E-state index is 13.8. The summed E-state index contributed by atoms with van der Waals surface area (Å²) in [5, 5.41) is 12.0. The minimum Gasteiger partial charge on any atom is -0.461 e. The molecule has 0 heterocycles. The van der Waals surface area contributed by atoms with Gasteiger partial charge in [-0.05, 0) is 116 Å². The summed E-state index contributed by atoms with van der Waals surface area (Å²) in [5.74, 6) is -2.61. The van der Waals surface area contributed by atoms with Crippen LogP contribution in [0.15, 0.2) is 30.3 Å². The Morgan fingerprint density at radius 3 is 2.31 bits per heavy atom. The van der Waals surface area contributed by atoms with Crippen LogP contribution in [0.4, 0.5) is 13.2 Å². The molecule has 0 spiro atoms. The van der Waals surface area contributed by atoms with Gasteiger partial charge in [0.25, 0.3) is 0 Å². The summed E-state index contributed by atoms with van der Waals surface area (Å²) in [6.45, 7) is 17.7. The van der Waals surface area contributed by atoms with Crippen LogP contribution >= 0.6 is 0 Å². The van der Waals surface area contributed by atoms with Gasteiger partial charge in [-0.1, -0.05) is 71.9 Å². The number of carbonyl (C=O) groups is 2. The second-order valence-corrected chi connectivity index (χ2v) is 22.7. The maximum absolute atomic E-state index is 13.8. The molecule has 4 aliphatic rings. The Hall–Kier alpha value is -1.91. The minimum atomic E-state index is -5.09. The van der Waals surface area contributed by atoms with E-state index in [4.69, 9.17) is 13.9 Å². The number of esters is 2. The van der Waals surface area contributed by atoms with Gasteiger partial charge in [-0.25, -0.2) is 4.79 Å². The Balaban J connectivity index is 1.35. The molecule has 4 fully saturated rings. The Labute approximate surface area is 292 Å². The van der Waals surface area contributed by atoms with Gasteiger partial charge in [0.15, 0.2) is 8.32 Å². The number of halogens is 3. The summed E-state index contributed by atoms with van der Waals surface area (Å²) in [6.07, 6.45) is -0.740. The van der Waals surface area contributed by atoms with Crippen molar-refractivity contribution in [2.45, 2.75) is 149 Å². The first kappa shape index (κ1) is 38.3. The van der Waals surface area contributed by atoms with Gasteiger partial charge in [-0.15, -0.1) is 0 Å². The number of hydrogen-bond acceptors (Lipinski definition) is 6. The van der Waals surface area contributed by atoms with Crippen LogP contribution in [0.3, 0.4) is 0 Å². The van der Waals surface area contributed by atoms with E-state index in [0.717, 1.165) is 37.7 Å². The molecule has 0 unspecified atom stereocenters. The molecule has 4 aliphatic carbocycles. The maximum Gasteiger partial charge on any atom is 0.490 e. The molecule has 0 saturated heterocycles. The Bertz CT molecular complexity index is 1330. The van der Waals surface area contributed by atoms with Gasteiger partial charge in [0.05, 0.1) is 6.10 Å². The van der Waals surface area contributed by atoms with Crippen LogP contribution in [0.25, 0.3) is 0 Å². The molecule has 0 amide bonds. The van der Waals surface area contributed by atoms with Crippen molar-refractivity contribution in [1.82, 2.24) is 0 Å². The van der Waals surface area contributed by atoms with Gasteiger partial charge < -0.3 is 19.0 Å². The first-order valence-corrected chi connectivity index (χ1v) is 21.4. The standard InChI is InChI=1S/C39H59F3O6Si/c1-24(14-17-33(44)46-23-25-12-10-9-11-13-25)28-15-16-29-34-30(22-32(38(28,29)6)47-35(45)39(40,41)42)37(5)19-18-27(20-26(37)21-31(34)43)48-49(7,8)36(2,3)4/h9-13,24,26-32,34,43H,14-23H2,1-8H3/t24-,26+,27-,28-,29+,30+,31-,32+,34+,37+,38-/m1/s1. The van der Waals surface area contributed by atoms with Gasteiger partial charge in [0, 0.05) is 17.9 Å². The quantitative estimate of drug-likeness (QED) is 0.204. The molecule has 49 heavy (non-hydrogen) atoms. The lowest BCUT2D eigenvalue weighted by Gasteiger charge is -2.64. The molecular formula is C39H59F3O6Si. The van der Waals surface area contributed by atoms with Crippen LogP contribution in [0.1, 0.15) is 105 Å². The monoisotopic (exact) mass is 708 g/mol. The smallest absolute Gasteiger partial charge is 0.461 e. The highest BCUT2D eigenvalue weighted by Crippen LogP contribution is 2.69. The lowest BCUT2D eigenvalue weighted by molar-refractivity contribution is -0.239. The molecule has 0 aliphatic heterocycles. The van der Waals surface area contributed by atoms with Crippen molar-refractivity contribution in [2.75, 3.05) is 0 Å². The van der Waals surface area contributed by atoms with Crippen molar-refractivity contribution >= 4 is 20.3 Å². The van der Waals surface area contributed by atoms with Crippen molar-refractivity contribution in [1.29, 1.82) is 0 Å². The predicted octanol–water partition coefficient (Wildman–Crippen LogP) is 9.25. The highest BCUT2D eigenvalue weighted by atomic mass is 28.4. The molecule has 1 N–H and O–H groups in total. The molecule has 1 aromatic rings. The van der Waals surface area contributed by atoms with E-state index in [1.807, 2.05) is 37.3 Å². The fourth-order valence-electron chi connectivity index (χ4n) is 10.5. The number of aliphatic hydroxyl groups is 1. The van der Waals surface area contributed by atoms with Gasteiger partial charge in [-0.2, -0.15) is 13.2 Å². The van der Waals surface area contributed by atoms with Gasteiger partial charge >= 0.3 is 18.1 Å². The average Bonchev–Trinajstić information content (AvgIpc) is 3.37. The number of hydrogen-bond donors (Lipinski definition) is 1. The predicted molar refractivity (Wildman–Crippen MR) is 185 cm³/mol. The van der Waals surface area contributed by atoms with E-state index in [1.165, 1.54) is 0 Å². The van der Waals surface area contributed by atoms with E-state index in [2.05, 4.69) is 47.7 Å². The van der Waals surface area contributed by atoms with Crippen LogP contribution < -0.4 is 0 Å².